The van der Waals surface area contributed by atoms with Gasteiger partial charge in [0, 0.05) is 19.9 Å². The highest BCUT2D eigenvalue weighted by Crippen LogP contribution is 2.26. The lowest BCUT2D eigenvalue weighted by atomic mass is 10.2. The largest absolute Gasteiger partial charge is 0.383 e. The van der Waals surface area contributed by atoms with E-state index in [9.17, 15) is 4.79 Å². The van der Waals surface area contributed by atoms with Crippen LogP contribution in [-0.4, -0.2) is 47.3 Å². The number of hydrogen-bond acceptors (Lipinski definition) is 4. The van der Waals surface area contributed by atoms with Crippen molar-refractivity contribution >= 4 is 17.7 Å². The highest BCUT2D eigenvalue weighted by Gasteiger charge is 2.31. The molecule has 0 aromatic carbocycles. The standard InChI is InChI=1S/C14H20N2O2S/c1-11(19-13-7-3-4-8-15-13)14(17)16-9-5-6-12(16)10-18-2/h3-4,7-8,11-12H,5-6,9-10H2,1-2H3/t11-,12+/m0/s1. The van der Waals surface area contributed by atoms with E-state index in [0.717, 1.165) is 24.4 Å². The molecule has 2 rings (SSSR count). The summed E-state index contributed by atoms with van der Waals surface area (Å²) >= 11 is 1.52. The molecular weight excluding hydrogens is 260 g/mol. The molecule has 104 valence electrons. The highest BCUT2D eigenvalue weighted by atomic mass is 32.2. The molecule has 1 aliphatic rings. The van der Waals surface area contributed by atoms with Crippen molar-refractivity contribution in [2.45, 2.75) is 36.1 Å². The molecule has 1 amide bonds. The van der Waals surface area contributed by atoms with Crippen LogP contribution < -0.4 is 0 Å². The summed E-state index contributed by atoms with van der Waals surface area (Å²) in [5, 5.41) is 0.790. The second kappa shape index (κ2) is 6.91. The first-order valence-corrected chi connectivity index (χ1v) is 7.47. The van der Waals surface area contributed by atoms with Gasteiger partial charge in [0.05, 0.1) is 22.9 Å². The minimum atomic E-state index is -0.104. The van der Waals surface area contributed by atoms with Crippen molar-refractivity contribution in [3.8, 4) is 0 Å². The summed E-state index contributed by atoms with van der Waals surface area (Å²) in [5.41, 5.74) is 0. The molecule has 2 atom stereocenters. The lowest BCUT2D eigenvalue weighted by Gasteiger charge is -2.26. The Morgan fingerprint density at radius 2 is 2.47 bits per heavy atom. The van der Waals surface area contributed by atoms with E-state index in [-0.39, 0.29) is 17.2 Å². The first-order chi connectivity index (χ1) is 9.22. The topological polar surface area (TPSA) is 42.4 Å². The molecule has 0 spiro atoms. The number of nitrogens with zero attached hydrogens (tertiary/aromatic N) is 2. The fourth-order valence-electron chi connectivity index (χ4n) is 2.37. The maximum Gasteiger partial charge on any atom is 0.236 e. The van der Waals surface area contributed by atoms with Crippen LogP contribution in [0.4, 0.5) is 0 Å². The van der Waals surface area contributed by atoms with Gasteiger partial charge in [-0.1, -0.05) is 17.8 Å². The molecule has 5 heteroatoms. The van der Waals surface area contributed by atoms with Crippen LogP contribution in [0.2, 0.25) is 0 Å². The van der Waals surface area contributed by atoms with Gasteiger partial charge in [0.25, 0.3) is 0 Å². The van der Waals surface area contributed by atoms with Crippen LogP contribution in [0.25, 0.3) is 0 Å². The van der Waals surface area contributed by atoms with Gasteiger partial charge in [-0.25, -0.2) is 4.98 Å². The second-order valence-corrected chi connectivity index (χ2v) is 6.07. The lowest BCUT2D eigenvalue weighted by Crippen LogP contribution is -2.42. The van der Waals surface area contributed by atoms with Gasteiger partial charge in [-0.3, -0.25) is 4.79 Å². The van der Waals surface area contributed by atoms with Crippen molar-refractivity contribution in [3.05, 3.63) is 24.4 Å². The summed E-state index contributed by atoms with van der Waals surface area (Å²) in [5.74, 6) is 0.190. The molecule has 4 nitrogen and oxygen atoms in total. The van der Waals surface area contributed by atoms with Gasteiger partial charge < -0.3 is 9.64 Å². The highest BCUT2D eigenvalue weighted by molar-refractivity contribution is 8.00. The lowest BCUT2D eigenvalue weighted by molar-refractivity contribution is -0.132. The molecule has 0 unspecified atom stereocenters. The van der Waals surface area contributed by atoms with Crippen LogP contribution in [0.3, 0.4) is 0 Å². The zero-order valence-corrected chi connectivity index (χ0v) is 12.2. The Labute approximate surface area is 118 Å². The molecule has 1 aromatic heterocycles. The normalized spacial score (nSPS) is 20.5. The minimum absolute atomic E-state index is 0.104. The van der Waals surface area contributed by atoms with Crippen LogP contribution in [0.5, 0.6) is 0 Å². The van der Waals surface area contributed by atoms with Gasteiger partial charge in [-0.05, 0) is 31.9 Å². The monoisotopic (exact) mass is 280 g/mol. The average Bonchev–Trinajstić information content (AvgIpc) is 2.87. The van der Waals surface area contributed by atoms with E-state index < -0.39 is 0 Å². The number of carbonyl (C=O) groups excluding carboxylic acids is 1. The fourth-order valence-corrected chi connectivity index (χ4v) is 3.25. The number of ether oxygens (including phenoxy) is 1. The Morgan fingerprint density at radius 1 is 1.63 bits per heavy atom. The van der Waals surface area contributed by atoms with E-state index in [1.807, 2.05) is 30.0 Å². The van der Waals surface area contributed by atoms with Crippen LogP contribution >= 0.6 is 11.8 Å². The third-order valence-corrected chi connectivity index (χ3v) is 4.34. The van der Waals surface area contributed by atoms with Crippen LogP contribution in [0.15, 0.2) is 29.4 Å². The van der Waals surface area contributed by atoms with Gasteiger partial charge >= 0.3 is 0 Å². The van der Waals surface area contributed by atoms with Crippen molar-refractivity contribution in [3.63, 3.8) is 0 Å². The summed E-state index contributed by atoms with van der Waals surface area (Å²) in [6.07, 6.45) is 3.87. The number of thioether (sulfide) groups is 1. The minimum Gasteiger partial charge on any atom is -0.383 e. The van der Waals surface area contributed by atoms with Crippen molar-refractivity contribution < 1.29 is 9.53 Å². The molecule has 0 N–H and O–H groups in total. The molecule has 0 bridgehead atoms. The van der Waals surface area contributed by atoms with Crippen molar-refractivity contribution in [2.75, 3.05) is 20.3 Å². The molecule has 0 radical (unpaired) electrons. The molecule has 0 aliphatic carbocycles. The van der Waals surface area contributed by atoms with Gasteiger partial charge in [-0.15, -0.1) is 0 Å². The summed E-state index contributed by atoms with van der Waals surface area (Å²) in [7, 11) is 1.69. The Bertz CT molecular complexity index is 413. The number of likely N-dealkylation sites (tertiary alicyclic amines) is 1. The van der Waals surface area contributed by atoms with Gasteiger partial charge in [-0.2, -0.15) is 0 Å². The van der Waals surface area contributed by atoms with Gasteiger partial charge in [0.1, 0.15) is 0 Å². The molecule has 2 heterocycles. The van der Waals surface area contributed by atoms with E-state index >= 15 is 0 Å². The van der Waals surface area contributed by atoms with E-state index in [4.69, 9.17) is 4.74 Å². The third-order valence-electron chi connectivity index (χ3n) is 3.30. The summed E-state index contributed by atoms with van der Waals surface area (Å²) in [6, 6.07) is 6.00. The van der Waals surface area contributed by atoms with Gasteiger partial charge in [0.15, 0.2) is 0 Å². The number of hydrogen-bond donors (Lipinski definition) is 0. The maximum atomic E-state index is 12.5. The van der Waals surface area contributed by atoms with E-state index in [1.165, 1.54) is 11.8 Å². The number of carbonyl (C=O) groups is 1. The van der Waals surface area contributed by atoms with E-state index in [2.05, 4.69) is 4.98 Å². The summed E-state index contributed by atoms with van der Waals surface area (Å²) in [4.78, 5) is 18.7. The molecule has 19 heavy (non-hydrogen) atoms. The number of pyridine rings is 1. The SMILES string of the molecule is COC[C@H]1CCCN1C(=O)[C@H](C)Sc1ccccn1. The number of aromatic nitrogens is 1. The number of amides is 1. The molecule has 0 saturated carbocycles. The quantitative estimate of drug-likeness (QED) is 0.776. The molecule has 1 aliphatic heterocycles. The zero-order valence-electron chi connectivity index (χ0n) is 11.4. The van der Waals surface area contributed by atoms with Crippen molar-refractivity contribution in [1.29, 1.82) is 0 Å². The van der Waals surface area contributed by atoms with Crippen LogP contribution in [0.1, 0.15) is 19.8 Å². The summed E-state index contributed by atoms with van der Waals surface area (Å²) < 4.78 is 5.19. The Kier molecular flexibility index (Phi) is 5.22. The van der Waals surface area contributed by atoms with Crippen LogP contribution in [-0.2, 0) is 9.53 Å². The third kappa shape index (κ3) is 3.70. The average molecular weight is 280 g/mol. The predicted octanol–water partition coefficient (Wildman–Crippen LogP) is 2.20. The summed E-state index contributed by atoms with van der Waals surface area (Å²) in [6.45, 7) is 3.43. The van der Waals surface area contributed by atoms with Gasteiger partial charge in [0.2, 0.25) is 5.91 Å². The predicted molar refractivity (Wildman–Crippen MR) is 76.2 cm³/mol. The zero-order chi connectivity index (χ0) is 13.7. The smallest absolute Gasteiger partial charge is 0.236 e. The Morgan fingerprint density at radius 3 is 3.16 bits per heavy atom. The van der Waals surface area contributed by atoms with Crippen molar-refractivity contribution in [1.82, 2.24) is 9.88 Å². The fraction of sp³-hybridized carbons (Fsp3) is 0.571. The van der Waals surface area contributed by atoms with E-state index in [1.54, 1.807) is 13.3 Å². The molecule has 1 saturated heterocycles. The van der Waals surface area contributed by atoms with Crippen molar-refractivity contribution in [2.24, 2.45) is 0 Å². The number of methoxy groups -OCH3 is 1. The number of rotatable bonds is 5. The molecule has 1 fully saturated rings. The molecule has 1 aromatic rings. The Hall–Kier alpha value is -1.07. The maximum absolute atomic E-state index is 12.5. The van der Waals surface area contributed by atoms with Crippen LogP contribution in [0, 0.1) is 0 Å². The Balaban J connectivity index is 1.95. The first kappa shape index (κ1) is 14.3. The first-order valence-electron chi connectivity index (χ1n) is 6.59. The molecular formula is C14H20N2O2S. The second-order valence-electron chi connectivity index (χ2n) is 4.71. The van der Waals surface area contributed by atoms with E-state index in [0.29, 0.717) is 6.61 Å².